The number of nitriles is 1. The number of carbonyl (C=O) groups excluding carboxylic acids is 1. The molecule has 0 atom stereocenters. The fraction of sp³-hybridized carbons (Fsp3) is 0.286. The summed E-state index contributed by atoms with van der Waals surface area (Å²) in [6.07, 6.45) is 1.18. The monoisotopic (exact) mass is 304 g/mol. The standard InChI is InChI=1S/C14H16N4O4/c1-9(2)17-14(19)10(7-15)8-16-12-6-11(18(20)21)4-5-13(12)22-3/h4-6,8-9,16H,1-3H3,(H,17,19)/b10-8-. The summed E-state index contributed by atoms with van der Waals surface area (Å²) >= 11 is 0. The Bertz CT molecular complexity index is 647. The minimum absolute atomic E-state index is 0.114. The van der Waals surface area contributed by atoms with E-state index >= 15 is 0 Å². The Kier molecular flexibility index (Phi) is 5.89. The maximum atomic E-state index is 11.8. The zero-order valence-corrected chi connectivity index (χ0v) is 12.4. The molecule has 0 saturated heterocycles. The molecule has 1 aromatic rings. The average Bonchev–Trinajstić information content (AvgIpc) is 2.46. The van der Waals surface area contributed by atoms with Crippen LogP contribution in [0.3, 0.4) is 0 Å². The highest BCUT2D eigenvalue weighted by Crippen LogP contribution is 2.28. The van der Waals surface area contributed by atoms with Crippen LogP contribution in [-0.4, -0.2) is 24.0 Å². The number of ether oxygens (including phenoxy) is 1. The van der Waals surface area contributed by atoms with E-state index in [4.69, 9.17) is 10.00 Å². The largest absolute Gasteiger partial charge is 0.495 e. The first-order chi connectivity index (χ1) is 10.4. The van der Waals surface area contributed by atoms with Gasteiger partial charge in [0.2, 0.25) is 0 Å². The zero-order valence-electron chi connectivity index (χ0n) is 12.4. The number of amides is 1. The van der Waals surface area contributed by atoms with Gasteiger partial charge in [-0.05, 0) is 19.9 Å². The molecule has 116 valence electrons. The number of nitrogens with zero attached hydrogens (tertiary/aromatic N) is 2. The number of nitro groups is 1. The minimum Gasteiger partial charge on any atom is -0.495 e. The van der Waals surface area contributed by atoms with Gasteiger partial charge < -0.3 is 15.4 Å². The second-order valence-electron chi connectivity index (χ2n) is 4.58. The van der Waals surface area contributed by atoms with Crippen molar-refractivity contribution in [3.63, 3.8) is 0 Å². The summed E-state index contributed by atoms with van der Waals surface area (Å²) in [5, 5.41) is 25.0. The molecule has 0 fully saturated rings. The van der Waals surface area contributed by atoms with Crippen LogP contribution >= 0.6 is 0 Å². The van der Waals surface area contributed by atoms with Gasteiger partial charge in [0.15, 0.2) is 0 Å². The van der Waals surface area contributed by atoms with Crippen molar-refractivity contribution in [2.75, 3.05) is 12.4 Å². The summed E-state index contributed by atoms with van der Waals surface area (Å²) in [5.74, 6) is -0.183. The van der Waals surface area contributed by atoms with Crippen LogP contribution < -0.4 is 15.4 Å². The third kappa shape index (κ3) is 4.49. The van der Waals surface area contributed by atoms with Crippen LogP contribution in [0.5, 0.6) is 5.75 Å². The molecule has 0 radical (unpaired) electrons. The van der Waals surface area contributed by atoms with Gasteiger partial charge in [0, 0.05) is 24.4 Å². The lowest BCUT2D eigenvalue weighted by molar-refractivity contribution is -0.384. The highest BCUT2D eigenvalue weighted by Gasteiger charge is 2.13. The van der Waals surface area contributed by atoms with Crippen molar-refractivity contribution in [1.29, 1.82) is 5.26 Å². The number of hydrogen-bond acceptors (Lipinski definition) is 6. The van der Waals surface area contributed by atoms with Crippen molar-refractivity contribution in [3.8, 4) is 11.8 Å². The Hall–Kier alpha value is -3.08. The molecular formula is C14H16N4O4. The topological polar surface area (TPSA) is 117 Å². The fourth-order valence-corrected chi connectivity index (χ4v) is 1.56. The van der Waals surface area contributed by atoms with Gasteiger partial charge in [-0.2, -0.15) is 5.26 Å². The van der Waals surface area contributed by atoms with E-state index in [-0.39, 0.29) is 23.0 Å². The molecule has 1 rings (SSSR count). The van der Waals surface area contributed by atoms with Gasteiger partial charge in [-0.3, -0.25) is 14.9 Å². The van der Waals surface area contributed by atoms with Gasteiger partial charge in [0.1, 0.15) is 17.4 Å². The Morgan fingerprint density at radius 3 is 2.68 bits per heavy atom. The molecule has 8 nitrogen and oxygen atoms in total. The number of carbonyl (C=O) groups is 1. The van der Waals surface area contributed by atoms with Crippen LogP contribution in [-0.2, 0) is 4.79 Å². The molecule has 1 amide bonds. The van der Waals surface area contributed by atoms with Gasteiger partial charge in [-0.1, -0.05) is 0 Å². The molecule has 22 heavy (non-hydrogen) atoms. The molecule has 0 aliphatic heterocycles. The average molecular weight is 304 g/mol. The summed E-state index contributed by atoms with van der Waals surface area (Å²) in [6, 6.07) is 5.63. The van der Waals surface area contributed by atoms with Crippen molar-refractivity contribution in [2.24, 2.45) is 0 Å². The highest BCUT2D eigenvalue weighted by molar-refractivity contribution is 5.97. The van der Waals surface area contributed by atoms with Gasteiger partial charge >= 0.3 is 0 Å². The highest BCUT2D eigenvalue weighted by atomic mass is 16.6. The van der Waals surface area contributed by atoms with E-state index in [0.717, 1.165) is 0 Å². The molecule has 8 heteroatoms. The Labute approximate surface area is 127 Å². The van der Waals surface area contributed by atoms with E-state index in [1.807, 2.05) is 0 Å². The predicted octanol–water partition coefficient (Wildman–Crippen LogP) is 1.95. The third-order valence-corrected chi connectivity index (χ3v) is 2.55. The number of anilines is 1. The fourth-order valence-electron chi connectivity index (χ4n) is 1.56. The van der Waals surface area contributed by atoms with Crippen LogP contribution in [0.4, 0.5) is 11.4 Å². The summed E-state index contributed by atoms with van der Waals surface area (Å²) in [4.78, 5) is 22.0. The van der Waals surface area contributed by atoms with E-state index in [2.05, 4.69) is 10.6 Å². The van der Waals surface area contributed by atoms with Crippen molar-refractivity contribution in [1.82, 2.24) is 5.32 Å². The first kappa shape index (κ1) is 17.0. The molecule has 1 aromatic carbocycles. The van der Waals surface area contributed by atoms with Gasteiger partial charge in [0.25, 0.3) is 11.6 Å². The van der Waals surface area contributed by atoms with Crippen molar-refractivity contribution in [3.05, 3.63) is 40.1 Å². The lowest BCUT2D eigenvalue weighted by atomic mass is 10.2. The van der Waals surface area contributed by atoms with E-state index in [1.54, 1.807) is 19.9 Å². The molecule has 2 N–H and O–H groups in total. The van der Waals surface area contributed by atoms with Crippen LogP contribution in [0.15, 0.2) is 30.0 Å². The first-order valence-corrected chi connectivity index (χ1v) is 6.39. The minimum atomic E-state index is -0.551. The zero-order chi connectivity index (χ0) is 16.7. The lowest BCUT2D eigenvalue weighted by Gasteiger charge is -2.09. The second-order valence-corrected chi connectivity index (χ2v) is 4.58. The van der Waals surface area contributed by atoms with Crippen LogP contribution in [0, 0.1) is 21.4 Å². The number of non-ortho nitro benzene ring substituents is 1. The molecule has 0 aliphatic rings. The van der Waals surface area contributed by atoms with Crippen molar-refractivity contribution >= 4 is 17.3 Å². The summed E-state index contributed by atoms with van der Waals surface area (Å²) in [6.45, 7) is 3.54. The van der Waals surface area contributed by atoms with Crippen molar-refractivity contribution in [2.45, 2.75) is 19.9 Å². The van der Waals surface area contributed by atoms with Crippen LogP contribution in [0.25, 0.3) is 0 Å². The van der Waals surface area contributed by atoms with Gasteiger partial charge in [-0.15, -0.1) is 0 Å². The number of benzene rings is 1. The predicted molar refractivity (Wildman–Crippen MR) is 80.2 cm³/mol. The lowest BCUT2D eigenvalue weighted by Crippen LogP contribution is -2.31. The maximum Gasteiger partial charge on any atom is 0.271 e. The Balaban J connectivity index is 3.04. The quantitative estimate of drug-likeness (QED) is 0.359. The van der Waals surface area contributed by atoms with Crippen LogP contribution in [0.2, 0.25) is 0 Å². The van der Waals surface area contributed by atoms with E-state index in [0.29, 0.717) is 5.75 Å². The summed E-state index contributed by atoms with van der Waals surface area (Å²) in [7, 11) is 1.41. The maximum absolute atomic E-state index is 11.8. The Morgan fingerprint density at radius 2 is 2.18 bits per heavy atom. The normalized spacial score (nSPS) is 10.8. The summed E-state index contributed by atoms with van der Waals surface area (Å²) in [5.41, 5.74) is -0.00843. The number of rotatable bonds is 6. The molecule has 0 saturated carbocycles. The number of methoxy groups -OCH3 is 1. The molecule has 0 unspecified atom stereocenters. The molecule has 0 heterocycles. The Morgan fingerprint density at radius 1 is 1.50 bits per heavy atom. The SMILES string of the molecule is COc1ccc([N+](=O)[O-])cc1N/C=C(/C#N)C(=O)NC(C)C. The van der Waals surface area contributed by atoms with Gasteiger partial charge in [-0.25, -0.2) is 0 Å². The van der Waals surface area contributed by atoms with Crippen LogP contribution in [0.1, 0.15) is 13.8 Å². The van der Waals surface area contributed by atoms with E-state index in [1.165, 1.54) is 31.5 Å². The third-order valence-electron chi connectivity index (χ3n) is 2.55. The van der Waals surface area contributed by atoms with Crippen molar-refractivity contribution < 1.29 is 14.5 Å². The number of hydrogen-bond donors (Lipinski definition) is 2. The smallest absolute Gasteiger partial charge is 0.271 e. The first-order valence-electron chi connectivity index (χ1n) is 6.39. The number of nitrogens with one attached hydrogen (secondary N) is 2. The number of nitro benzene ring substituents is 1. The summed E-state index contributed by atoms with van der Waals surface area (Å²) < 4.78 is 5.07. The van der Waals surface area contributed by atoms with E-state index in [9.17, 15) is 14.9 Å². The molecule has 0 bridgehead atoms. The van der Waals surface area contributed by atoms with E-state index < -0.39 is 10.8 Å². The molecular weight excluding hydrogens is 288 g/mol. The van der Waals surface area contributed by atoms with Gasteiger partial charge in [0.05, 0.1) is 17.7 Å². The molecule has 0 aromatic heterocycles. The molecule has 0 spiro atoms. The second kappa shape index (κ2) is 7.64. The molecule has 0 aliphatic carbocycles.